The molecule has 1 aliphatic heterocycles. The largest absolute Gasteiger partial charge is 0.397 e. The standard InChI is InChI=1S/C14H18F5N3/c1-21-6-10(5-20-21)11-4-9(11)7-22-3-2-12(14(17,18)19)13(15,16)8-22/h5-6,9,11-12H,2-4,7-8H2,1H3/t9-,11+,12?/m0/s1. The molecule has 3 atom stereocenters. The average Bonchev–Trinajstić information content (AvgIpc) is 2.97. The molecule has 1 saturated carbocycles. The molecule has 0 amide bonds. The Bertz CT molecular complexity index is 539. The van der Waals surface area contributed by atoms with Crippen LogP contribution in [0.1, 0.15) is 24.3 Å². The van der Waals surface area contributed by atoms with Crippen LogP contribution >= 0.6 is 0 Å². The maximum atomic E-state index is 13.7. The van der Waals surface area contributed by atoms with Crippen molar-refractivity contribution in [3.8, 4) is 0 Å². The van der Waals surface area contributed by atoms with Gasteiger partial charge in [0.2, 0.25) is 0 Å². The molecule has 2 aliphatic rings. The van der Waals surface area contributed by atoms with Gasteiger partial charge in [-0.3, -0.25) is 9.58 Å². The Balaban J connectivity index is 1.56. The summed E-state index contributed by atoms with van der Waals surface area (Å²) in [5.41, 5.74) is 1.07. The number of hydrogen-bond donors (Lipinski definition) is 0. The van der Waals surface area contributed by atoms with E-state index in [2.05, 4.69) is 5.10 Å². The molecule has 3 rings (SSSR count). The molecule has 1 aromatic rings. The number of likely N-dealkylation sites (tertiary alicyclic amines) is 1. The van der Waals surface area contributed by atoms with Crippen LogP contribution < -0.4 is 0 Å². The Kier molecular flexibility index (Phi) is 3.70. The van der Waals surface area contributed by atoms with Gasteiger partial charge >= 0.3 is 6.18 Å². The molecule has 2 fully saturated rings. The minimum atomic E-state index is -4.83. The summed E-state index contributed by atoms with van der Waals surface area (Å²) in [4.78, 5) is 1.48. The van der Waals surface area contributed by atoms with Gasteiger partial charge in [-0.15, -0.1) is 0 Å². The molecule has 2 heterocycles. The zero-order valence-corrected chi connectivity index (χ0v) is 12.2. The third-order valence-corrected chi connectivity index (χ3v) is 4.64. The topological polar surface area (TPSA) is 21.1 Å². The summed E-state index contributed by atoms with van der Waals surface area (Å²) in [6, 6.07) is 0. The second-order valence-corrected chi connectivity index (χ2v) is 6.43. The van der Waals surface area contributed by atoms with Crippen molar-refractivity contribution in [3.63, 3.8) is 0 Å². The lowest BCUT2D eigenvalue weighted by Gasteiger charge is -2.39. The van der Waals surface area contributed by atoms with E-state index in [0.717, 1.165) is 12.0 Å². The summed E-state index contributed by atoms with van der Waals surface area (Å²) < 4.78 is 67.0. The Labute approximate surface area is 125 Å². The van der Waals surface area contributed by atoms with Crippen LogP contribution in [-0.4, -0.2) is 46.4 Å². The minimum absolute atomic E-state index is 0.0794. The highest BCUT2D eigenvalue weighted by Crippen LogP contribution is 2.49. The fourth-order valence-electron chi connectivity index (χ4n) is 3.39. The maximum absolute atomic E-state index is 13.7. The van der Waals surface area contributed by atoms with Gasteiger partial charge in [0.15, 0.2) is 0 Å². The van der Waals surface area contributed by atoms with Crippen molar-refractivity contribution >= 4 is 0 Å². The third-order valence-electron chi connectivity index (χ3n) is 4.64. The van der Waals surface area contributed by atoms with E-state index in [1.807, 2.05) is 13.2 Å². The molecule has 0 radical (unpaired) electrons. The second kappa shape index (κ2) is 5.18. The average molecular weight is 323 g/mol. The molecule has 124 valence electrons. The lowest BCUT2D eigenvalue weighted by Crippen LogP contribution is -2.53. The number of aryl methyl sites for hydroxylation is 1. The van der Waals surface area contributed by atoms with Crippen LogP contribution in [0.25, 0.3) is 0 Å². The van der Waals surface area contributed by atoms with E-state index >= 15 is 0 Å². The van der Waals surface area contributed by atoms with E-state index < -0.39 is 31.0 Å². The van der Waals surface area contributed by atoms with E-state index in [0.29, 0.717) is 12.5 Å². The lowest BCUT2D eigenvalue weighted by atomic mass is 9.92. The molecule has 0 aromatic carbocycles. The van der Waals surface area contributed by atoms with Crippen LogP contribution in [-0.2, 0) is 7.05 Å². The molecular weight excluding hydrogens is 305 g/mol. The predicted octanol–water partition coefficient (Wildman–Crippen LogP) is 3.04. The number of alkyl halides is 5. The molecule has 1 saturated heterocycles. The molecule has 3 nitrogen and oxygen atoms in total. The summed E-state index contributed by atoms with van der Waals surface area (Å²) in [6.07, 6.45) is -0.811. The molecule has 0 bridgehead atoms. The highest BCUT2D eigenvalue weighted by Gasteiger charge is 2.58. The number of nitrogens with zero attached hydrogens (tertiary/aromatic N) is 3. The molecule has 1 unspecified atom stereocenters. The smallest absolute Gasteiger partial charge is 0.297 e. The van der Waals surface area contributed by atoms with Gasteiger partial charge in [0.1, 0.15) is 5.92 Å². The van der Waals surface area contributed by atoms with E-state index in [4.69, 9.17) is 0 Å². The molecule has 1 aliphatic carbocycles. The van der Waals surface area contributed by atoms with Crippen LogP contribution in [0.5, 0.6) is 0 Å². The normalized spacial score (nSPS) is 32.2. The quantitative estimate of drug-likeness (QED) is 0.797. The summed E-state index contributed by atoms with van der Waals surface area (Å²) in [6.45, 7) is -0.289. The van der Waals surface area contributed by atoms with Crippen molar-refractivity contribution in [2.45, 2.75) is 30.9 Å². The third kappa shape index (κ3) is 3.11. The van der Waals surface area contributed by atoms with Crippen molar-refractivity contribution in [3.05, 3.63) is 18.0 Å². The van der Waals surface area contributed by atoms with Gasteiger partial charge in [0.05, 0.1) is 12.7 Å². The molecule has 22 heavy (non-hydrogen) atoms. The van der Waals surface area contributed by atoms with Crippen molar-refractivity contribution in [1.82, 2.24) is 14.7 Å². The first-order chi connectivity index (χ1) is 10.2. The van der Waals surface area contributed by atoms with Crippen molar-refractivity contribution < 1.29 is 22.0 Å². The second-order valence-electron chi connectivity index (χ2n) is 6.43. The van der Waals surface area contributed by atoms with Crippen LogP contribution in [0.15, 0.2) is 12.4 Å². The summed E-state index contributed by atoms with van der Waals surface area (Å²) >= 11 is 0. The van der Waals surface area contributed by atoms with E-state index in [-0.39, 0.29) is 12.5 Å². The van der Waals surface area contributed by atoms with Crippen LogP contribution in [0, 0.1) is 11.8 Å². The first kappa shape index (κ1) is 15.7. The Morgan fingerprint density at radius 2 is 2.09 bits per heavy atom. The SMILES string of the molecule is Cn1cc([C@@H]2C[C@H]2CN2CCC(C(F)(F)F)C(F)(F)C2)cn1. The highest BCUT2D eigenvalue weighted by molar-refractivity contribution is 5.20. The van der Waals surface area contributed by atoms with Crippen molar-refractivity contribution in [2.75, 3.05) is 19.6 Å². The van der Waals surface area contributed by atoms with Crippen molar-refractivity contribution in [2.24, 2.45) is 18.9 Å². The molecule has 0 spiro atoms. The van der Waals surface area contributed by atoms with Gasteiger partial charge in [-0.1, -0.05) is 0 Å². The summed E-state index contributed by atoms with van der Waals surface area (Å²) in [5.74, 6) is -5.68. The number of piperidine rings is 1. The molecule has 0 N–H and O–H groups in total. The monoisotopic (exact) mass is 323 g/mol. The highest BCUT2D eigenvalue weighted by atomic mass is 19.4. The fourth-order valence-corrected chi connectivity index (χ4v) is 3.39. The summed E-state index contributed by atoms with van der Waals surface area (Å²) in [5, 5.41) is 4.08. The summed E-state index contributed by atoms with van der Waals surface area (Å²) in [7, 11) is 1.81. The fraction of sp³-hybridized carbons (Fsp3) is 0.786. The van der Waals surface area contributed by atoms with Crippen LogP contribution in [0.3, 0.4) is 0 Å². The zero-order chi connectivity index (χ0) is 16.1. The number of hydrogen-bond acceptors (Lipinski definition) is 2. The number of aromatic nitrogens is 2. The van der Waals surface area contributed by atoms with Gasteiger partial charge in [-0.2, -0.15) is 18.3 Å². The zero-order valence-electron chi connectivity index (χ0n) is 12.2. The van der Waals surface area contributed by atoms with E-state index in [9.17, 15) is 22.0 Å². The Morgan fingerprint density at radius 1 is 1.36 bits per heavy atom. The predicted molar refractivity (Wildman–Crippen MR) is 69.6 cm³/mol. The molecule has 1 aromatic heterocycles. The van der Waals surface area contributed by atoms with Gasteiger partial charge in [0, 0.05) is 19.8 Å². The number of rotatable bonds is 3. The van der Waals surface area contributed by atoms with Crippen LogP contribution in [0.4, 0.5) is 22.0 Å². The maximum Gasteiger partial charge on any atom is 0.397 e. The number of halogens is 5. The first-order valence-electron chi connectivity index (χ1n) is 7.32. The molecular formula is C14H18F5N3. The minimum Gasteiger partial charge on any atom is -0.297 e. The first-order valence-corrected chi connectivity index (χ1v) is 7.32. The van der Waals surface area contributed by atoms with Gasteiger partial charge in [-0.05, 0) is 36.8 Å². The Morgan fingerprint density at radius 3 is 2.64 bits per heavy atom. The van der Waals surface area contributed by atoms with Crippen LogP contribution in [0.2, 0.25) is 0 Å². The van der Waals surface area contributed by atoms with E-state index in [1.54, 1.807) is 10.9 Å². The van der Waals surface area contributed by atoms with Gasteiger partial charge < -0.3 is 0 Å². The molecule has 8 heteroatoms. The Hall–Kier alpha value is -1.18. The lowest BCUT2D eigenvalue weighted by molar-refractivity contribution is -0.257. The van der Waals surface area contributed by atoms with Crippen molar-refractivity contribution in [1.29, 1.82) is 0 Å². The van der Waals surface area contributed by atoms with Gasteiger partial charge in [-0.25, -0.2) is 8.78 Å². The van der Waals surface area contributed by atoms with Gasteiger partial charge in [0.25, 0.3) is 5.92 Å². The van der Waals surface area contributed by atoms with E-state index in [1.165, 1.54) is 4.90 Å².